The van der Waals surface area contributed by atoms with Crippen molar-refractivity contribution >= 4 is 15.9 Å². The third kappa shape index (κ3) is 5.83. The van der Waals surface area contributed by atoms with Gasteiger partial charge in [-0.3, -0.25) is 4.79 Å². The molecule has 0 aliphatic carbocycles. The summed E-state index contributed by atoms with van der Waals surface area (Å²) in [6.45, 7) is 16.2. The fourth-order valence-corrected chi connectivity index (χ4v) is 4.59. The van der Waals surface area contributed by atoms with Gasteiger partial charge < -0.3 is 0 Å². The minimum absolute atomic E-state index is 0.0449. The maximum absolute atomic E-state index is 13.1. The van der Waals surface area contributed by atoms with Gasteiger partial charge in [0.1, 0.15) is 0 Å². The lowest BCUT2D eigenvalue weighted by atomic mass is 9.89. The van der Waals surface area contributed by atoms with E-state index in [1.54, 1.807) is 0 Å². The zero-order chi connectivity index (χ0) is 20.2. The molecule has 5 heteroatoms. The molecule has 0 aliphatic heterocycles. The first-order valence-electron chi connectivity index (χ1n) is 9.60. The van der Waals surface area contributed by atoms with E-state index < -0.39 is 15.9 Å². The molecule has 0 radical (unpaired) electrons. The number of carbonyl (C=O) groups excluding carboxylic acids is 1. The van der Waals surface area contributed by atoms with Crippen molar-refractivity contribution < 1.29 is 13.2 Å². The monoisotopic (exact) mass is 381 g/mol. The molecule has 0 spiro atoms. The number of hydrogen-bond acceptors (Lipinski definition) is 3. The molecule has 1 rings (SSSR count). The van der Waals surface area contributed by atoms with Gasteiger partial charge in [-0.1, -0.05) is 67.5 Å². The van der Waals surface area contributed by atoms with Crippen LogP contribution in [-0.2, 0) is 14.8 Å². The van der Waals surface area contributed by atoms with Crippen LogP contribution in [0.1, 0.15) is 103 Å². The van der Waals surface area contributed by atoms with E-state index in [2.05, 4.69) is 18.6 Å². The molecule has 1 amide bonds. The standard InChI is InChI=1S/C21H35NO3S/c1-13(2)9-10-20(23)22-26(24,25)21-18(15(5)6)11-17(14(3)4)12-19(21)16(7)8/h11-16H,9-10H2,1-8H3,(H,22,23). The van der Waals surface area contributed by atoms with Crippen molar-refractivity contribution in [3.8, 4) is 0 Å². The summed E-state index contributed by atoms with van der Waals surface area (Å²) in [7, 11) is -3.90. The molecule has 0 saturated carbocycles. The molecule has 0 aliphatic rings. The highest BCUT2D eigenvalue weighted by atomic mass is 32.2. The van der Waals surface area contributed by atoms with Crippen LogP contribution in [0.2, 0.25) is 0 Å². The van der Waals surface area contributed by atoms with E-state index in [1.807, 2.05) is 53.7 Å². The highest BCUT2D eigenvalue weighted by Gasteiger charge is 2.28. The summed E-state index contributed by atoms with van der Waals surface area (Å²) in [5.74, 6) is 0.316. The molecule has 0 aromatic heterocycles. The zero-order valence-electron chi connectivity index (χ0n) is 17.5. The van der Waals surface area contributed by atoms with Crippen LogP contribution in [0.5, 0.6) is 0 Å². The summed E-state index contributed by atoms with van der Waals surface area (Å²) in [6.07, 6.45) is 0.886. The van der Waals surface area contributed by atoms with Crippen molar-refractivity contribution in [2.75, 3.05) is 0 Å². The van der Waals surface area contributed by atoms with Crippen LogP contribution in [0.4, 0.5) is 0 Å². The summed E-state index contributed by atoms with van der Waals surface area (Å²) < 4.78 is 28.5. The number of sulfonamides is 1. The Bertz CT molecular complexity index is 703. The Balaban J connectivity index is 3.46. The molecular weight excluding hydrogens is 346 g/mol. The van der Waals surface area contributed by atoms with Crippen molar-refractivity contribution in [3.63, 3.8) is 0 Å². The molecule has 148 valence electrons. The molecule has 0 saturated heterocycles. The van der Waals surface area contributed by atoms with Crippen LogP contribution >= 0.6 is 0 Å². The summed E-state index contributed by atoms with van der Waals surface area (Å²) in [5, 5.41) is 0. The van der Waals surface area contributed by atoms with Gasteiger partial charge in [0.15, 0.2) is 0 Å². The Labute approximate surface area is 159 Å². The number of rotatable bonds is 8. The Morgan fingerprint density at radius 2 is 1.35 bits per heavy atom. The first-order chi connectivity index (χ1) is 11.9. The highest BCUT2D eigenvalue weighted by Crippen LogP contribution is 2.35. The Hall–Kier alpha value is -1.36. The van der Waals surface area contributed by atoms with Crippen molar-refractivity contribution in [3.05, 3.63) is 28.8 Å². The predicted molar refractivity (Wildman–Crippen MR) is 108 cm³/mol. The molecule has 0 atom stereocenters. The van der Waals surface area contributed by atoms with E-state index in [0.717, 1.165) is 16.7 Å². The van der Waals surface area contributed by atoms with Gasteiger partial charge in [-0.2, -0.15) is 0 Å². The molecular formula is C21H35NO3S. The molecule has 0 fully saturated rings. The van der Waals surface area contributed by atoms with Gasteiger partial charge in [0.2, 0.25) is 5.91 Å². The van der Waals surface area contributed by atoms with E-state index in [1.165, 1.54) is 0 Å². The van der Waals surface area contributed by atoms with Gasteiger partial charge in [-0.15, -0.1) is 0 Å². The van der Waals surface area contributed by atoms with Crippen molar-refractivity contribution in [1.82, 2.24) is 4.72 Å². The van der Waals surface area contributed by atoms with Gasteiger partial charge in [0.05, 0.1) is 4.90 Å². The summed E-state index contributed by atoms with van der Waals surface area (Å²) in [4.78, 5) is 12.5. The third-order valence-corrected chi connectivity index (χ3v) is 6.05. The van der Waals surface area contributed by atoms with Crippen LogP contribution < -0.4 is 4.72 Å². The maximum Gasteiger partial charge on any atom is 0.264 e. The number of benzene rings is 1. The minimum atomic E-state index is -3.90. The lowest BCUT2D eigenvalue weighted by molar-refractivity contribution is -0.119. The molecule has 1 N–H and O–H groups in total. The molecule has 1 aromatic rings. The molecule has 0 unspecified atom stereocenters. The second-order valence-corrected chi connectivity index (χ2v) is 10.1. The summed E-state index contributed by atoms with van der Waals surface area (Å²) in [6, 6.07) is 3.96. The van der Waals surface area contributed by atoms with Crippen molar-refractivity contribution in [1.29, 1.82) is 0 Å². The summed E-state index contributed by atoms with van der Waals surface area (Å²) in [5.41, 5.74) is 2.69. The molecule has 4 nitrogen and oxygen atoms in total. The fourth-order valence-electron chi connectivity index (χ4n) is 2.87. The van der Waals surface area contributed by atoms with Crippen LogP contribution in [0.15, 0.2) is 17.0 Å². The van der Waals surface area contributed by atoms with Gasteiger partial charge in [0.25, 0.3) is 10.0 Å². The zero-order valence-corrected chi connectivity index (χ0v) is 18.3. The number of hydrogen-bond donors (Lipinski definition) is 1. The molecule has 0 bridgehead atoms. The van der Waals surface area contributed by atoms with Crippen LogP contribution in [0.25, 0.3) is 0 Å². The lowest BCUT2D eigenvalue weighted by Gasteiger charge is -2.23. The second-order valence-electron chi connectivity index (χ2n) is 8.45. The minimum Gasteiger partial charge on any atom is -0.274 e. The largest absolute Gasteiger partial charge is 0.274 e. The number of amides is 1. The average Bonchev–Trinajstić information content (AvgIpc) is 2.50. The first-order valence-corrected chi connectivity index (χ1v) is 11.1. The van der Waals surface area contributed by atoms with Crippen molar-refractivity contribution in [2.24, 2.45) is 5.92 Å². The SMILES string of the molecule is CC(C)CCC(=O)NS(=O)(=O)c1c(C(C)C)cc(C(C)C)cc1C(C)C. The Kier molecular flexibility index (Phi) is 7.87. The smallest absolute Gasteiger partial charge is 0.264 e. The predicted octanol–water partition coefficient (Wildman–Crippen LogP) is 5.30. The Morgan fingerprint density at radius 3 is 1.69 bits per heavy atom. The van der Waals surface area contributed by atoms with Crippen LogP contribution in [0, 0.1) is 5.92 Å². The fraction of sp³-hybridized carbons (Fsp3) is 0.667. The number of nitrogens with one attached hydrogen (secondary N) is 1. The topological polar surface area (TPSA) is 63.2 Å². The van der Waals surface area contributed by atoms with E-state index in [9.17, 15) is 13.2 Å². The van der Waals surface area contributed by atoms with E-state index in [4.69, 9.17) is 0 Å². The molecule has 26 heavy (non-hydrogen) atoms. The molecule has 1 aromatic carbocycles. The van der Waals surface area contributed by atoms with Crippen LogP contribution in [-0.4, -0.2) is 14.3 Å². The maximum atomic E-state index is 13.1. The quantitative estimate of drug-likeness (QED) is 0.665. The van der Waals surface area contributed by atoms with E-state index in [0.29, 0.717) is 18.3 Å². The first kappa shape index (κ1) is 22.7. The Morgan fingerprint density at radius 1 is 0.885 bits per heavy atom. The van der Waals surface area contributed by atoms with Gasteiger partial charge in [0, 0.05) is 6.42 Å². The van der Waals surface area contributed by atoms with Gasteiger partial charge >= 0.3 is 0 Å². The molecule has 0 heterocycles. The van der Waals surface area contributed by atoms with Crippen molar-refractivity contribution in [2.45, 2.75) is 90.9 Å². The van der Waals surface area contributed by atoms with E-state index >= 15 is 0 Å². The van der Waals surface area contributed by atoms with Crippen LogP contribution in [0.3, 0.4) is 0 Å². The normalized spacial score (nSPS) is 12.5. The number of carbonyl (C=O) groups is 1. The van der Waals surface area contributed by atoms with E-state index in [-0.39, 0.29) is 23.2 Å². The highest BCUT2D eigenvalue weighted by molar-refractivity contribution is 7.90. The summed E-state index contributed by atoms with van der Waals surface area (Å²) >= 11 is 0. The van der Waals surface area contributed by atoms with Gasteiger partial charge in [-0.25, -0.2) is 13.1 Å². The lowest BCUT2D eigenvalue weighted by Crippen LogP contribution is -2.32. The second kappa shape index (κ2) is 9.03. The van der Waals surface area contributed by atoms with Gasteiger partial charge in [-0.05, 0) is 46.8 Å². The average molecular weight is 382 g/mol. The third-order valence-electron chi connectivity index (χ3n) is 4.55.